The molecule has 2 rings (SSSR count). The van der Waals surface area contributed by atoms with Crippen LogP contribution in [0.15, 0.2) is 34.1 Å². The molecule has 0 aliphatic carbocycles. The number of phenols is 2. The van der Waals surface area contributed by atoms with Gasteiger partial charge in [0.1, 0.15) is 11.5 Å². The summed E-state index contributed by atoms with van der Waals surface area (Å²) >= 11 is 0. The maximum atomic E-state index is 13.6. The van der Waals surface area contributed by atoms with Crippen molar-refractivity contribution in [1.82, 2.24) is 0 Å². The summed E-state index contributed by atoms with van der Waals surface area (Å²) < 4.78 is 27.2. The monoisotopic (exact) mass is 362 g/mol. The SMILES string of the molecule is CCc1cc(O)cc(CC)c1S(=O)(=O)c1c(CC)cc(O)cc1CC. The lowest BCUT2D eigenvalue weighted by atomic mass is 10.1. The van der Waals surface area contributed by atoms with E-state index in [1.54, 1.807) is 0 Å². The molecule has 2 aromatic carbocycles. The number of rotatable bonds is 6. The Labute approximate surface area is 150 Å². The average molecular weight is 362 g/mol. The maximum absolute atomic E-state index is 13.6. The highest BCUT2D eigenvalue weighted by molar-refractivity contribution is 7.91. The Morgan fingerprint density at radius 1 is 0.640 bits per heavy atom. The van der Waals surface area contributed by atoms with E-state index >= 15 is 0 Å². The largest absolute Gasteiger partial charge is 0.508 e. The summed E-state index contributed by atoms with van der Waals surface area (Å²) in [4.78, 5) is 0.593. The minimum Gasteiger partial charge on any atom is -0.508 e. The van der Waals surface area contributed by atoms with Crippen molar-refractivity contribution in [2.75, 3.05) is 0 Å². The van der Waals surface area contributed by atoms with E-state index in [0.717, 1.165) is 0 Å². The quantitative estimate of drug-likeness (QED) is 0.808. The predicted octanol–water partition coefficient (Wildman–Crippen LogP) is 4.18. The molecule has 2 aromatic rings. The van der Waals surface area contributed by atoms with Gasteiger partial charge in [-0.2, -0.15) is 0 Å². The molecule has 0 aliphatic rings. The van der Waals surface area contributed by atoms with Crippen molar-refractivity contribution >= 4 is 9.84 Å². The second-order valence-electron chi connectivity index (χ2n) is 6.10. The van der Waals surface area contributed by atoms with Gasteiger partial charge in [-0.3, -0.25) is 0 Å². The van der Waals surface area contributed by atoms with Crippen LogP contribution in [0.1, 0.15) is 49.9 Å². The molecule has 0 saturated carbocycles. The molecule has 5 heteroatoms. The lowest BCUT2D eigenvalue weighted by Crippen LogP contribution is -2.13. The van der Waals surface area contributed by atoms with Gasteiger partial charge >= 0.3 is 0 Å². The first-order chi connectivity index (χ1) is 11.8. The Bertz CT molecular complexity index is 765. The molecule has 0 radical (unpaired) electrons. The summed E-state index contributed by atoms with van der Waals surface area (Å²) in [7, 11) is -3.77. The third-order valence-corrected chi connectivity index (χ3v) is 6.64. The molecule has 0 unspecified atom stereocenters. The van der Waals surface area contributed by atoms with Crippen molar-refractivity contribution in [3.8, 4) is 11.5 Å². The minimum atomic E-state index is -3.77. The first kappa shape index (κ1) is 19.3. The number of aryl methyl sites for hydroxylation is 4. The molecule has 0 fully saturated rings. The Morgan fingerprint density at radius 2 is 0.880 bits per heavy atom. The topological polar surface area (TPSA) is 74.6 Å². The smallest absolute Gasteiger partial charge is 0.207 e. The van der Waals surface area contributed by atoms with E-state index in [4.69, 9.17) is 0 Å². The van der Waals surface area contributed by atoms with E-state index in [2.05, 4.69) is 0 Å². The van der Waals surface area contributed by atoms with Crippen LogP contribution >= 0.6 is 0 Å². The van der Waals surface area contributed by atoms with Crippen LogP contribution in [0.4, 0.5) is 0 Å². The van der Waals surface area contributed by atoms with Crippen LogP contribution < -0.4 is 0 Å². The number of sulfone groups is 1. The van der Waals surface area contributed by atoms with Gasteiger partial charge in [-0.05, 0) is 72.2 Å². The van der Waals surface area contributed by atoms with Crippen molar-refractivity contribution in [3.63, 3.8) is 0 Å². The summed E-state index contributed by atoms with van der Waals surface area (Å²) in [5.41, 5.74) is 2.48. The van der Waals surface area contributed by atoms with E-state index in [0.29, 0.717) is 57.7 Å². The minimum absolute atomic E-state index is 0.0878. The fourth-order valence-electron chi connectivity index (χ4n) is 3.31. The second-order valence-corrected chi connectivity index (χ2v) is 7.93. The van der Waals surface area contributed by atoms with Gasteiger partial charge in [-0.15, -0.1) is 0 Å². The van der Waals surface area contributed by atoms with Gasteiger partial charge in [-0.1, -0.05) is 27.7 Å². The zero-order chi connectivity index (χ0) is 18.8. The lowest BCUT2D eigenvalue weighted by molar-refractivity contribution is 0.472. The third-order valence-electron chi connectivity index (χ3n) is 4.52. The molecule has 4 nitrogen and oxygen atoms in total. The predicted molar refractivity (Wildman–Crippen MR) is 99.2 cm³/mol. The van der Waals surface area contributed by atoms with Crippen LogP contribution in [-0.2, 0) is 35.5 Å². The zero-order valence-corrected chi connectivity index (χ0v) is 16.1. The molecular formula is C20H26O4S. The Kier molecular flexibility index (Phi) is 5.78. The fourth-order valence-corrected chi connectivity index (χ4v) is 5.71. The number of hydrogen-bond donors (Lipinski definition) is 2. The molecule has 2 N–H and O–H groups in total. The van der Waals surface area contributed by atoms with Crippen LogP contribution in [0.3, 0.4) is 0 Å². The standard InChI is InChI=1S/C20H26O4S/c1-5-13-9-17(21)10-14(6-2)19(13)25(23,24)20-15(7-3)11-18(22)12-16(20)8-4/h9-12,21-22H,5-8H2,1-4H3. The van der Waals surface area contributed by atoms with Crippen molar-refractivity contribution < 1.29 is 18.6 Å². The first-order valence-corrected chi connectivity index (χ1v) is 10.2. The van der Waals surface area contributed by atoms with E-state index < -0.39 is 9.84 Å². The van der Waals surface area contributed by atoms with Gasteiger partial charge in [0, 0.05) is 0 Å². The van der Waals surface area contributed by atoms with Gasteiger partial charge < -0.3 is 10.2 Å². The van der Waals surface area contributed by atoms with Crippen LogP contribution in [0.5, 0.6) is 11.5 Å². The summed E-state index contributed by atoms with van der Waals surface area (Å²) in [6.07, 6.45) is 2.04. The molecule has 0 amide bonds. The van der Waals surface area contributed by atoms with Gasteiger partial charge in [-0.25, -0.2) is 8.42 Å². The molecule has 0 aliphatic heterocycles. The summed E-state index contributed by atoms with van der Waals surface area (Å²) in [6.45, 7) is 7.52. The van der Waals surface area contributed by atoms with Crippen LogP contribution in [0.2, 0.25) is 0 Å². The van der Waals surface area contributed by atoms with Crippen molar-refractivity contribution in [2.45, 2.75) is 63.2 Å². The number of phenolic OH excluding ortho intramolecular Hbond substituents is 2. The average Bonchev–Trinajstić information content (AvgIpc) is 2.59. The number of aromatic hydroxyl groups is 2. The Balaban J connectivity index is 2.90. The fraction of sp³-hybridized carbons (Fsp3) is 0.400. The van der Waals surface area contributed by atoms with E-state index in [1.807, 2.05) is 27.7 Å². The molecule has 0 spiro atoms. The Hall–Kier alpha value is -2.01. The lowest BCUT2D eigenvalue weighted by Gasteiger charge is -2.19. The maximum Gasteiger partial charge on any atom is 0.207 e. The Morgan fingerprint density at radius 3 is 1.08 bits per heavy atom. The molecule has 0 saturated heterocycles. The van der Waals surface area contributed by atoms with Crippen molar-refractivity contribution in [3.05, 3.63) is 46.5 Å². The zero-order valence-electron chi connectivity index (χ0n) is 15.3. The van der Waals surface area contributed by atoms with Gasteiger partial charge in [0.05, 0.1) is 9.79 Å². The number of hydrogen-bond acceptors (Lipinski definition) is 4. The number of benzene rings is 2. The first-order valence-electron chi connectivity index (χ1n) is 8.74. The molecule has 0 atom stereocenters. The van der Waals surface area contributed by atoms with Crippen LogP contribution in [0, 0.1) is 0 Å². The highest BCUT2D eigenvalue weighted by atomic mass is 32.2. The van der Waals surface area contributed by atoms with E-state index in [-0.39, 0.29) is 11.5 Å². The van der Waals surface area contributed by atoms with Crippen LogP contribution in [0.25, 0.3) is 0 Å². The summed E-state index contributed by atoms with van der Waals surface area (Å²) in [6, 6.07) is 6.13. The molecule has 25 heavy (non-hydrogen) atoms. The highest BCUT2D eigenvalue weighted by Crippen LogP contribution is 2.36. The third kappa shape index (κ3) is 3.52. The van der Waals surface area contributed by atoms with Crippen LogP contribution in [-0.4, -0.2) is 18.6 Å². The van der Waals surface area contributed by atoms with Crippen molar-refractivity contribution in [2.24, 2.45) is 0 Å². The molecule has 136 valence electrons. The molecule has 0 bridgehead atoms. The van der Waals surface area contributed by atoms with Gasteiger partial charge in [0.25, 0.3) is 0 Å². The molecule has 0 aromatic heterocycles. The summed E-state index contributed by atoms with van der Waals surface area (Å²) in [5, 5.41) is 19.9. The molecule has 0 heterocycles. The second kappa shape index (κ2) is 7.48. The van der Waals surface area contributed by atoms with E-state index in [1.165, 1.54) is 24.3 Å². The van der Waals surface area contributed by atoms with Crippen molar-refractivity contribution in [1.29, 1.82) is 0 Å². The summed E-state index contributed by atoms with van der Waals surface area (Å²) in [5.74, 6) is 0.176. The molecular weight excluding hydrogens is 336 g/mol. The van der Waals surface area contributed by atoms with E-state index in [9.17, 15) is 18.6 Å². The van der Waals surface area contributed by atoms with Gasteiger partial charge in [0.2, 0.25) is 9.84 Å². The highest BCUT2D eigenvalue weighted by Gasteiger charge is 2.29. The van der Waals surface area contributed by atoms with Gasteiger partial charge in [0.15, 0.2) is 0 Å². The normalized spacial score (nSPS) is 11.7.